The molecule has 0 fully saturated rings. The van der Waals surface area contributed by atoms with E-state index in [1.54, 1.807) is 13.8 Å². The van der Waals surface area contributed by atoms with Crippen molar-refractivity contribution < 1.29 is 26.3 Å². The summed E-state index contributed by atoms with van der Waals surface area (Å²) in [5.74, 6) is -0.203. The molecule has 0 spiro atoms. The number of hydrogen-bond acceptors (Lipinski definition) is 7. The van der Waals surface area contributed by atoms with Crippen molar-refractivity contribution in [2.75, 3.05) is 17.7 Å². The molecular formula is C18H19F6N7. The van der Waals surface area contributed by atoms with Crippen molar-refractivity contribution in [2.24, 2.45) is 0 Å². The minimum absolute atomic E-state index is 0.0251. The fourth-order valence-corrected chi connectivity index (χ4v) is 2.25. The number of halogens is 6. The number of hydrogen-bond donors (Lipinski definition) is 4. The molecule has 0 atom stereocenters. The van der Waals surface area contributed by atoms with Gasteiger partial charge in [0, 0.05) is 25.2 Å². The van der Waals surface area contributed by atoms with Crippen LogP contribution in [0.25, 0.3) is 11.5 Å². The van der Waals surface area contributed by atoms with Crippen molar-refractivity contribution in [3.8, 4) is 11.5 Å². The smallest absolute Gasteiger partial charge is 0.375 e. The van der Waals surface area contributed by atoms with Crippen LogP contribution in [0, 0.1) is 5.41 Å². The fraction of sp³-hybridized carbons (Fsp3) is 0.333. The molecule has 31 heavy (non-hydrogen) atoms. The van der Waals surface area contributed by atoms with Crippen molar-refractivity contribution >= 4 is 17.3 Å². The zero-order valence-corrected chi connectivity index (χ0v) is 16.6. The third-order valence-electron chi connectivity index (χ3n) is 3.56. The number of rotatable bonds is 7. The van der Waals surface area contributed by atoms with Crippen LogP contribution in [0.3, 0.4) is 0 Å². The Morgan fingerprint density at radius 1 is 1.03 bits per heavy atom. The van der Waals surface area contributed by atoms with Crippen molar-refractivity contribution in [3.05, 3.63) is 41.9 Å². The molecule has 0 bridgehead atoms. The summed E-state index contributed by atoms with van der Waals surface area (Å²) < 4.78 is 76.9. The summed E-state index contributed by atoms with van der Waals surface area (Å²) in [5, 5.41) is 15.1. The molecule has 2 aromatic heterocycles. The van der Waals surface area contributed by atoms with E-state index in [2.05, 4.69) is 30.9 Å². The second-order valence-electron chi connectivity index (χ2n) is 6.51. The lowest BCUT2D eigenvalue weighted by atomic mass is 10.2. The molecule has 0 saturated heterocycles. The van der Waals surface area contributed by atoms with Crippen LogP contribution in [0.4, 0.5) is 38.0 Å². The molecule has 0 unspecified atom stereocenters. The molecule has 168 valence electrons. The number of aromatic nitrogens is 3. The summed E-state index contributed by atoms with van der Waals surface area (Å²) >= 11 is 0. The van der Waals surface area contributed by atoms with Gasteiger partial charge in [0.1, 0.15) is 34.6 Å². The second-order valence-corrected chi connectivity index (χ2v) is 6.51. The minimum Gasteiger partial charge on any atom is -0.375 e. The average Bonchev–Trinajstić information content (AvgIpc) is 2.65. The first-order valence-corrected chi connectivity index (χ1v) is 8.82. The fourth-order valence-electron chi connectivity index (χ4n) is 2.25. The molecule has 0 aliphatic heterocycles. The quantitative estimate of drug-likeness (QED) is 0.370. The van der Waals surface area contributed by atoms with Gasteiger partial charge < -0.3 is 16.0 Å². The Hall–Kier alpha value is -3.38. The van der Waals surface area contributed by atoms with Crippen LogP contribution in [0.1, 0.15) is 19.5 Å². The summed E-state index contributed by atoms with van der Waals surface area (Å²) in [6.45, 7) is 3.59. The number of allylic oxidation sites excluding steroid dienone is 1. The maximum atomic E-state index is 13.0. The van der Waals surface area contributed by atoms with Crippen molar-refractivity contribution in [2.45, 2.75) is 32.2 Å². The van der Waals surface area contributed by atoms with Gasteiger partial charge in [-0.05, 0) is 26.0 Å². The highest BCUT2D eigenvalue weighted by Gasteiger charge is 2.33. The number of alkyl halides is 6. The zero-order chi connectivity index (χ0) is 23.4. The SMILES string of the molecule is CN/C(=C\C(=N)C(F)(F)F)Nc1cc(NC(C)C)nc(-c2cccc(C(F)(F)F)n2)n1. The number of nitrogens with zero attached hydrogens (tertiary/aromatic N) is 3. The normalized spacial score (nSPS) is 12.6. The van der Waals surface area contributed by atoms with Gasteiger partial charge in [-0.1, -0.05) is 6.07 Å². The Bertz CT molecular complexity index is 967. The van der Waals surface area contributed by atoms with E-state index < -0.39 is 23.8 Å². The lowest BCUT2D eigenvalue weighted by Gasteiger charge is -2.15. The molecule has 0 aromatic carbocycles. The monoisotopic (exact) mass is 447 g/mol. The predicted molar refractivity (Wildman–Crippen MR) is 104 cm³/mol. The molecule has 0 aliphatic rings. The lowest BCUT2D eigenvalue weighted by molar-refractivity contribution is -0.141. The summed E-state index contributed by atoms with van der Waals surface area (Å²) in [4.78, 5) is 11.7. The maximum absolute atomic E-state index is 13.0. The third kappa shape index (κ3) is 6.83. The van der Waals surface area contributed by atoms with Gasteiger partial charge in [-0.25, -0.2) is 15.0 Å². The summed E-state index contributed by atoms with van der Waals surface area (Å²) in [6, 6.07) is 4.47. The standard InChI is InChI=1S/C18H19F6N7/c1-9(2)27-14-8-15(29-13(26-3)7-11(25)17(19,20)21)31-16(30-14)10-5-4-6-12(28-10)18(22,23)24/h4-9,25-26H,1-3H3,(H2,27,29,30,31)/b13-7+,25-11?. The van der Waals surface area contributed by atoms with E-state index in [9.17, 15) is 26.3 Å². The van der Waals surface area contributed by atoms with Crippen LogP contribution in [-0.2, 0) is 6.18 Å². The summed E-state index contributed by atoms with van der Waals surface area (Å²) in [6.07, 6.45) is -9.02. The van der Waals surface area contributed by atoms with E-state index in [-0.39, 0.29) is 35.0 Å². The Labute approximate surface area is 173 Å². The second kappa shape index (κ2) is 9.18. The molecule has 2 aromatic rings. The van der Waals surface area contributed by atoms with Gasteiger partial charge in [0.05, 0.1) is 0 Å². The molecule has 0 aliphatic carbocycles. The highest BCUT2D eigenvalue weighted by Crippen LogP contribution is 2.29. The lowest BCUT2D eigenvalue weighted by Crippen LogP contribution is -2.24. The number of nitrogens with one attached hydrogen (secondary N) is 4. The van der Waals surface area contributed by atoms with E-state index in [4.69, 9.17) is 5.41 Å². The van der Waals surface area contributed by atoms with Crippen LogP contribution in [0.5, 0.6) is 0 Å². The van der Waals surface area contributed by atoms with Crippen molar-refractivity contribution in [1.82, 2.24) is 20.3 Å². The minimum atomic E-state index is -4.85. The molecule has 4 N–H and O–H groups in total. The first-order chi connectivity index (χ1) is 14.3. The van der Waals surface area contributed by atoms with Crippen LogP contribution < -0.4 is 16.0 Å². The average molecular weight is 447 g/mol. The molecule has 0 saturated carbocycles. The highest BCUT2D eigenvalue weighted by atomic mass is 19.4. The first-order valence-electron chi connectivity index (χ1n) is 8.82. The number of anilines is 2. The molecule has 13 heteroatoms. The molecular weight excluding hydrogens is 428 g/mol. The van der Waals surface area contributed by atoms with E-state index >= 15 is 0 Å². The molecule has 7 nitrogen and oxygen atoms in total. The van der Waals surface area contributed by atoms with E-state index in [0.29, 0.717) is 6.08 Å². The summed E-state index contributed by atoms with van der Waals surface area (Å²) in [5.41, 5.74) is -2.93. The topological polar surface area (TPSA) is 98.6 Å². The van der Waals surface area contributed by atoms with Gasteiger partial charge in [0.25, 0.3) is 0 Å². The largest absolute Gasteiger partial charge is 0.433 e. The van der Waals surface area contributed by atoms with E-state index in [0.717, 1.165) is 12.1 Å². The first kappa shape index (κ1) is 23.9. The van der Waals surface area contributed by atoms with Crippen molar-refractivity contribution in [1.29, 1.82) is 5.41 Å². The van der Waals surface area contributed by atoms with E-state index in [1.807, 2.05) is 0 Å². The van der Waals surface area contributed by atoms with Crippen LogP contribution in [0.2, 0.25) is 0 Å². The molecule has 0 radical (unpaired) electrons. The maximum Gasteiger partial charge on any atom is 0.433 e. The Morgan fingerprint density at radius 2 is 1.68 bits per heavy atom. The van der Waals surface area contributed by atoms with Gasteiger partial charge >= 0.3 is 12.4 Å². The Morgan fingerprint density at radius 3 is 2.23 bits per heavy atom. The van der Waals surface area contributed by atoms with Crippen molar-refractivity contribution in [3.63, 3.8) is 0 Å². The highest BCUT2D eigenvalue weighted by molar-refractivity contribution is 5.97. The Balaban J connectivity index is 2.49. The predicted octanol–water partition coefficient (Wildman–Crippen LogP) is 4.43. The Kier molecular flexibility index (Phi) is 7.08. The number of pyridine rings is 1. The van der Waals surface area contributed by atoms with Crippen LogP contribution in [-0.4, -0.2) is 39.9 Å². The molecule has 0 amide bonds. The summed E-state index contributed by atoms with van der Waals surface area (Å²) in [7, 11) is 1.33. The van der Waals surface area contributed by atoms with Gasteiger partial charge in [-0.2, -0.15) is 26.3 Å². The van der Waals surface area contributed by atoms with Gasteiger partial charge in [-0.15, -0.1) is 0 Å². The van der Waals surface area contributed by atoms with E-state index in [1.165, 1.54) is 19.2 Å². The van der Waals surface area contributed by atoms with Gasteiger partial charge in [0.2, 0.25) is 0 Å². The van der Waals surface area contributed by atoms with Crippen LogP contribution >= 0.6 is 0 Å². The van der Waals surface area contributed by atoms with Crippen LogP contribution in [0.15, 0.2) is 36.2 Å². The molecule has 2 heterocycles. The third-order valence-corrected chi connectivity index (χ3v) is 3.56. The van der Waals surface area contributed by atoms with Gasteiger partial charge in [0.15, 0.2) is 5.82 Å². The zero-order valence-electron chi connectivity index (χ0n) is 16.6. The van der Waals surface area contributed by atoms with Gasteiger partial charge in [-0.3, -0.25) is 5.41 Å². The molecule has 2 rings (SSSR count).